The third kappa shape index (κ3) is 5.40. The Morgan fingerprint density at radius 2 is 1.73 bits per heavy atom. The Morgan fingerprint density at radius 3 is 2.27 bits per heavy atom. The summed E-state index contributed by atoms with van der Waals surface area (Å²) < 4.78 is 57.1. The average molecular weight is 488 g/mol. The number of anilines is 1. The highest BCUT2D eigenvalue weighted by atomic mass is 35.5. The van der Waals surface area contributed by atoms with Gasteiger partial charge in [-0.3, -0.25) is 10.1 Å². The van der Waals surface area contributed by atoms with E-state index in [1.54, 1.807) is 24.3 Å². The van der Waals surface area contributed by atoms with Crippen molar-refractivity contribution in [2.24, 2.45) is 4.99 Å². The van der Waals surface area contributed by atoms with E-state index in [1.807, 2.05) is 6.92 Å². The number of ether oxygens (including phenoxy) is 4. The number of amidine groups is 1. The number of nitrogens with zero attached hydrogens (tertiary/aromatic N) is 3. The van der Waals surface area contributed by atoms with Gasteiger partial charge >= 0.3 is 12.2 Å². The summed E-state index contributed by atoms with van der Waals surface area (Å²) in [7, 11) is 0. The Labute approximate surface area is 190 Å². The summed E-state index contributed by atoms with van der Waals surface area (Å²) in [4.78, 5) is 16.3. The predicted molar refractivity (Wildman–Crippen MR) is 110 cm³/mol. The molecule has 13 heteroatoms. The molecule has 0 saturated carbocycles. The maximum Gasteiger partial charge on any atom is 0.573 e. The van der Waals surface area contributed by atoms with Crippen molar-refractivity contribution in [2.45, 2.75) is 24.7 Å². The molecule has 2 aromatic rings. The fourth-order valence-electron chi connectivity index (χ4n) is 2.96. The molecule has 0 spiro atoms. The highest BCUT2D eigenvalue weighted by molar-refractivity contribution is 6.68. The van der Waals surface area contributed by atoms with Gasteiger partial charge in [0.1, 0.15) is 29.5 Å². The molecule has 1 fully saturated rings. The van der Waals surface area contributed by atoms with Crippen LogP contribution in [0.4, 0.5) is 18.9 Å². The number of aliphatic imine (C=N–C) groups is 1. The average Bonchev–Trinajstić information content (AvgIpc) is 3.38. The minimum atomic E-state index is -4.86. The molecule has 9 nitrogen and oxygen atoms in total. The van der Waals surface area contributed by atoms with Crippen LogP contribution in [0.25, 0.3) is 0 Å². The van der Waals surface area contributed by atoms with Gasteiger partial charge in [-0.25, -0.2) is 0 Å². The lowest BCUT2D eigenvalue weighted by Gasteiger charge is -2.21. The topological polar surface area (TPSA) is 99.0 Å². The number of rotatable bonds is 8. The number of epoxide rings is 1. The summed E-state index contributed by atoms with van der Waals surface area (Å²) >= 11 is 6.17. The van der Waals surface area contributed by atoms with Crippen LogP contribution in [0.15, 0.2) is 53.5 Å². The molecule has 0 aliphatic carbocycles. The first-order valence-electron chi connectivity index (χ1n) is 9.56. The molecular weight excluding hydrogens is 471 g/mol. The molecule has 2 aliphatic rings. The largest absolute Gasteiger partial charge is 0.573 e. The molecule has 0 N–H and O–H groups in total. The van der Waals surface area contributed by atoms with Crippen LogP contribution in [0.2, 0.25) is 0 Å². The Kier molecular flexibility index (Phi) is 5.74. The van der Waals surface area contributed by atoms with Crippen molar-refractivity contribution in [2.75, 3.05) is 24.7 Å². The molecule has 2 aromatic carbocycles. The van der Waals surface area contributed by atoms with Gasteiger partial charge in [-0.15, -0.1) is 18.2 Å². The zero-order chi connectivity index (χ0) is 23.9. The lowest BCUT2D eigenvalue weighted by atomic mass is 10.2. The van der Waals surface area contributed by atoms with Crippen LogP contribution < -0.4 is 19.1 Å². The highest BCUT2D eigenvalue weighted by Gasteiger charge is 2.54. The van der Waals surface area contributed by atoms with Crippen molar-refractivity contribution in [3.05, 3.63) is 58.6 Å². The zero-order valence-corrected chi connectivity index (χ0v) is 17.8. The molecule has 2 aliphatic heterocycles. The van der Waals surface area contributed by atoms with Gasteiger partial charge in [0, 0.05) is 5.69 Å². The summed E-state index contributed by atoms with van der Waals surface area (Å²) in [5.41, 5.74) is 0.231. The normalized spacial score (nSPS) is 24.3. The molecule has 1 unspecified atom stereocenters. The Hall–Kier alpha value is -3.25. The van der Waals surface area contributed by atoms with Crippen molar-refractivity contribution >= 4 is 22.6 Å². The lowest BCUT2D eigenvalue weighted by Crippen LogP contribution is -2.47. The van der Waals surface area contributed by atoms with Crippen LogP contribution in [0.5, 0.6) is 17.2 Å². The van der Waals surface area contributed by atoms with Crippen molar-refractivity contribution in [3.63, 3.8) is 0 Å². The second-order valence-corrected chi connectivity index (χ2v) is 7.95. The van der Waals surface area contributed by atoms with Gasteiger partial charge < -0.3 is 23.8 Å². The van der Waals surface area contributed by atoms with Gasteiger partial charge in [-0.1, -0.05) is 0 Å². The van der Waals surface area contributed by atoms with Gasteiger partial charge in [0.25, 0.3) is 0 Å². The van der Waals surface area contributed by atoms with E-state index in [9.17, 15) is 23.3 Å². The summed E-state index contributed by atoms with van der Waals surface area (Å²) in [6.45, 7) is 2.58. The summed E-state index contributed by atoms with van der Waals surface area (Å²) in [6.07, 6.45) is -4.86. The Morgan fingerprint density at radius 1 is 1.15 bits per heavy atom. The second kappa shape index (κ2) is 8.27. The number of benzene rings is 2. The summed E-state index contributed by atoms with van der Waals surface area (Å²) in [5, 5.41) is 11.6. The second-order valence-electron chi connectivity index (χ2n) is 7.61. The number of nitro groups is 1. The highest BCUT2D eigenvalue weighted by Crippen LogP contribution is 2.34. The van der Waals surface area contributed by atoms with Crippen molar-refractivity contribution in [1.82, 2.24) is 0 Å². The van der Waals surface area contributed by atoms with Gasteiger partial charge in [-0.05, 0) is 67.1 Å². The molecule has 0 aromatic heterocycles. The maximum absolute atomic E-state index is 12.3. The molecule has 2 heterocycles. The molecule has 0 radical (unpaired) electrons. The molecule has 2 atom stereocenters. The number of hydrogen-bond donors (Lipinski definition) is 0. The fourth-order valence-corrected chi connectivity index (χ4v) is 3.25. The van der Waals surface area contributed by atoms with E-state index in [2.05, 4.69) is 9.73 Å². The van der Waals surface area contributed by atoms with Crippen molar-refractivity contribution in [3.8, 4) is 17.2 Å². The van der Waals surface area contributed by atoms with Gasteiger partial charge in [-0.2, -0.15) is 0 Å². The first-order valence-corrected chi connectivity index (χ1v) is 9.94. The van der Waals surface area contributed by atoms with E-state index >= 15 is 0 Å². The first kappa shape index (κ1) is 22.9. The fraction of sp³-hybridized carbons (Fsp3) is 0.350. The molecular formula is C20H17ClF3N3O6. The predicted octanol–water partition coefficient (Wildman–Crippen LogP) is 4.18. The minimum Gasteiger partial charge on any atom is -0.491 e. The Bertz CT molecular complexity index is 1060. The van der Waals surface area contributed by atoms with E-state index in [4.69, 9.17) is 25.8 Å². The van der Waals surface area contributed by atoms with Crippen molar-refractivity contribution in [1.29, 1.82) is 0 Å². The number of alkyl halides is 3. The van der Waals surface area contributed by atoms with E-state index in [-0.39, 0.29) is 23.2 Å². The SMILES string of the molecule is CC1(COc2ccc(N3C[C@](Oc4ccc(OC(F)(F)F)cc4)([N+](=O)[O-])N=C3Cl)cc2)CO1. The standard InChI is InChI=1S/C20H17ClF3N3O6/c1-18(12-31-18)11-30-14-4-2-13(3-5-14)26-10-19(27(28)29,25-17(26)21)32-15-6-8-16(9-7-15)33-20(22,23)24/h2-9H,10-12H2,1H3/t18?,19-/m1/s1. The number of halogens is 4. The van der Waals surface area contributed by atoms with Crippen LogP contribution in [-0.4, -0.2) is 47.8 Å². The van der Waals surface area contributed by atoms with Crippen LogP contribution in [0.1, 0.15) is 6.92 Å². The number of hydrogen-bond acceptors (Lipinski definition) is 8. The molecule has 33 heavy (non-hydrogen) atoms. The minimum absolute atomic E-state index is 0.0872. The summed E-state index contributed by atoms with van der Waals surface area (Å²) in [5.74, 6) is -2.29. The van der Waals surface area contributed by atoms with Gasteiger partial charge in [0.15, 0.2) is 6.54 Å². The first-order chi connectivity index (χ1) is 15.5. The van der Waals surface area contributed by atoms with Crippen LogP contribution >= 0.6 is 11.6 Å². The van der Waals surface area contributed by atoms with Gasteiger partial charge in [0.2, 0.25) is 5.29 Å². The van der Waals surface area contributed by atoms with Crippen LogP contribution in [0.3, 0.4) is 0 Å². The quantitative estimate of drug-likeness (QED) is 0.181. The zero-order valence-electron chi connectivity index (χ0n) is 17.0. The van der Waals surface area contributed by atoms with Crippen molar-refractivity contribution < 1.29 is 37.0 Å². The lowest BCUT2D eigenvalue weighted by molar-refractivity contribution is -0.608. The monoisotopic (exact) mass is 487 g/mol. The molecule has 0 bridgehead atoms. The van der Waals surface area contributed by atoms with Gasteiger partial charge in [0.05, 0.1) is 11.5 Å². The van der Waals surface area contributed by atoms with Crippen LogP contribution in [0, 0.1) is 10.1 Å². The molecule has 4 rings (SSSR count). The molecule has 1 saturated heterocycles. The van der Waals surface area contributed by atoms with E-state index in [0.717, 1.165) is 24.3 Å². The Balaban J connectivity index is 1.46. The van der Waals surface area contributed by atoms with E-state index < -0.39 is 22.9 Å². The third-order valence-electron chi connectivity index (χ3n) is 4.81. The van der Waals surface area contributed by atoms with E-state index in [0.29, 0.717) is 24.7 Å². The maximum atomic E-state index is 12.3. The smallest absolute Gasteiger partial charge is 0.491 e. The third-order valence-corrected chi connectivity index (χ3v) is 5.10. The summed E-state index contributed by atoms with van der Waals surface area (Å²) in [6, 6.07) is 10.8. The molecule has 0 amide bonds. The van der Waals surface area contributed by atoms with E-state index in [1.165, 1.54) is 4.90 Å². The molecule has 176 valence electrons. The van der Waals surface area contributed by atoms with Crippen LogP contribution in [-0.2, 0) is 4.74 Å².